The number of pyridine rings is 1. The highest BCUT2D eigenvalue weighted by molar-refractivity contribution is 5.32. The van der Waals surface area contributed by atoms with Crippen molar-refractivity contribution >= 4 is 5.82 Å². The molecule has 2 heteroatoms. The van der Waals surface area contributed by atoms with E-state index in [4.69, 9.17) is 5.73 Å². The zero-order valence-corrected chi connectivity index (χ0v) is 8.09. The molecule has 0 spiro atoms. The molecule has 0 bridgehead atoms. The molecule has 2 nitrogen and oxygen atoms in total. The average molecular weight is 176 g/mol. The predicted octanol–water partition coefficient (Wildman–Crippen LogP) is 2.56. The van der Waals surface area contributed by atoms with Gasteiger partial charge in [0.2, 0.25) is 0 Å². The van der Waals surface area contributed by atoms with Gasteiger partial charge in [0.05, 0.1) is 0 Å². The van der Waals surface area contributed by atoms with Gasteiger partial charge in [0, 0.05) is 6.20 Å². The van der Waals surface area contributed by atoms with Crippen LogP contribution in [0.4, 0.5) is 5.82 Å². The molecular weight excluding hydrogens is 160 g/mol. The molecule has 1 aromatic rings. The molecule has 0 saturated heterocycles. The van der Waals surface area contributed by atoms with Crippen LogP contribution < -0.4 is 5.73 Å². The number of aromatic nitrogens is 1. The fourth-order valence-corrected chi connectivity index (χ4v) is 1.15. The standard InChI is InChI=1S/C11H16N2/c1-3-9(2)4-5-10-6-7-13-11(12)8-10/h6-8H,2-5H2,1H3,(H2,12,13). The maximum atomic E-state index is 5.56. The minimum Gasteiger partial charge on any atom is -0.384 e. The number of aryl methyl sites for hydroxylation is 1. The maximum Gasteiger partial charge on any atom is 0.123 e. The number of hydrogen-bond acceptors (Lipinski definition) is 2. The van der Waals surface area contributed by atoms with Gasteiger partial charge in [0.15, 0.2) is 0 Å². The van der Waals surface area contributed by atoms with Crippen molar-refractivity contribution in [2.24, 2.45) is 0 Å². The Labute approximate surface area is 79.5 Å². The third kappa shape index (κ3) is 3.28. The van der Waals surface area contributed by atoms with Gasteiger partial charge in [0.25, 0.3) is 0 Å². The second-order valence-electron chi connectivity index (χ2n) is 3.19. The number of anilines is 1. The normalized spacial score (nSPS) is 9.92. The van der Waals surface area contributed by atoms with Crippen LogP contribution in [-0.2, 0) is 6.42 Å². The molecular formula is C11H16N2. The molecule has 0 aliphatic heterocycles. The van der Waals surface area contributed by atoms with Crippen LogP contribution >= 0.6 is 0 Å². The van der Waals surface area contributed by atoms with Gasteiger partial charge >= 0.3 is 0 Å². The van der Waals surface area contributed by atoms with Crippen LogP contribution in [0.3, 0.4) is 0 Å². The highest BCUT2D eigenvalue weighted by Crippen LogP contribution is 2.11. The second kappa shape index (κ2) is 4.65. The molecule has 1 aromatic heterocycles. The zero-order valence-electron chi connectivity index (χ0n) is 8.09. The van der Waals surface area contributed by atoms with E-state index in [0.717, 1.165) is 19.3 Å². The molecule has 2 N–H and O–H groups in total. The number of hydrogen-bond donors (Lipinski definition) is 1. The van der Waals surface area contributed by atoms with Gasteiger partial charge < -0.3 is 5.73 Å². The van der Waals surface area contributed by atoms with E-state index >= 15 is 0 Å². The van der Waals surface area contributed by atoms with Crippen LogP contribution in [-0.4, -0.2) is 4.98 Å². The smallest absolute Gasteiger partial charge is 0.123 e. The van der Waals surface area contributed by atoms with E-state index in [9.17, 15) is 0 Å². The molecule has 13 heavy (non-hydrogen) atoms. The first-order valence-electron chi connectivity index (χ1n) is 4.59. The Bertz CT molecular complexity index is 292. The summed E-state index contributed by atoms with van der Waals surface area (Å²) in [5.74, 6) is 0.597. The summed E-state index contributed by atoms with van der Waals surface area (Å²) in [6.07, 6.45) is 4.86. The quantitative estimate of drug-likeness (QED) is 0.716. The topological polar surface area (TPSA) is 38.9 Å². The van der Waals surface area contributed by atoms with Crippen molar-refractivity contribution in [3.63, 3.8) is 0 Å². The van der Waals surface area contributed by atoms with E-state index in [2.05, 4.69) is 18.5 Å². The largest absolute Gasteiger partial charge is 0.384 e. The summed E-state index contributed by atoms with van der Waals surface area (Å²) in [4.78, 5) is 3.94. The van der Waals surface area contributed by atoms with Gasteiger partial charge in [0.1, 0.15) is 5.82 Å². The summed E-state index contributed by atoms with van der Waals surface area (Å²) in [6.45, 7) is 6.09. The molecule has 0 unspecified atom stereocenters. The Hall–Kier alpha value is -1.31. The van der Waals surface area contributed by atoms with E-state index in [0.29, 0.717) is 5.82 Å². The molecule has 0 aromatic carbocycles. The molecule has 0 fully saturated rings. The molecule has 1 heterocycles. The van der Waals surface area contributed by atoms with E-state index in [1.807, 2.05) is 12.1 Å². The van der Waals surface area contributed by atoms with Gasteiger partial charge in [-0.1, -0.05) is 19.1 Å². The van der Waals surface area contributed by atoms with Crippen LogP contribution in [0.2, 0.25) is 0 Å². The molecule has 0 aliphatic carbocycles. The lowest BCUT2D eigenvalue weighted by Crippen LogP contribution is -1.93. The van der Waals surface area contributed by atoms with Crippen molar-refractivity contribution in [2.45, 2.75) is 26.2 Å². The van der Waals surface area contributed by atoms with Crippen molar-refractivity contribution in [3.05, 3.63) is 36.0 Å². The summed E-state index contributed by atoms with van der Waals surface area (Å²) >= 11 is 0. The van der Waals surface area contributed by atoms with Gasteiger partial charge in [-0.25, -0.2) is 4.98 Å². The Balaban J connectivity index is 2.50. The Morgan fingerprint density at radius 2 is 2.38 bits per heavy atom. The third-order valence-electron chi connectivity index (χ3n) is 2.11. The summed E-state index contributed by atoms with van der Waals surface area (Å²) in [5, 5.41) is 0. The summed E-state index contributed by atoms with van der Waals surface area (Å²) in [7, 11) is 0. The van der Waals surface area contributed by atoms with E-state index in [1.165, 1.54) is 11.1 Å². The van der Waals surface area contributed by atoms with Crippen LogP contribution in [0.1, 0.15) is 25.3 Å². The zero-order chi connectivity index (χ0) is 9.68. The Morgan fingerprint density at radius 3 is 3.00 bits per heavy atom. The Morgan fingerprint density at radius 1 is 1.62 bits per heavy atom. The Kier molecular flexibility index (Phi) is 3.50. The number of nitrogens with zero attached hydrogens (tertiary/aromatic N) is 1. The average Bonchev–Trinajstić information content (AvgIpc) is 2.14. The lowest BCUT2D eigenvalue weighted by atomic mass is 10.1. The van der Waals surface area contributed by atoms with E-state index < -0.39 is 0 Å². The van der Waals surface area contributed by atoms with Crippen LogP contribution in [0.25, 0.3) is 0 Å². The minimum atomic E-state index is 0.597. The molecule has 0 aliphatic rings. The van der Waals surface area contributed by atoms with Crippen molar-refractivity contribution in [1.82, 2.24) is 4.98 Å². The van der Waals surface area contributed by atoms with Crippen molar-refractivity contribution in [2.75, 3.05) is 5.73 Å². The molecule has 0 atom stereocenters. The number of allylic oxidation sites excluding steroid dienone is 1. The molecule has 0 radical (unpaired) electrons. The number of nitrogen functional groups attached to an aromatic ring is 1. The monoisotopic (exact) mass is 176 g/mol. The number of nitrogens with two attached hydrogens (primary N) is 1. The first-order valence-corrected chi connectivity index (χ1v) is 4.59. The van der Waals surface area contributed by atoms with Crippen LogP contribution in [0.5, 0.6) is 0 Å². The summed E-state index contributed by atoms with van der Waals surface area (Å²) in [6, 6.07) is 3.92. The first-order chi connectivity index (χ1) is 6.22. The number of rotatable bonds is 4. The van der Waals surface area contributed by atoms with Crippen molar-refractivity contribution < 1.29 is 0 Å². The van der Waals surface area contributed by atoms with Crippen LogP contribution in [0.15, 0.2) is 30.5 Å². The molecule has 70 valence electrons. The molecule has 1 rings (SSSR count). The highest BCUT2D eigenvalue weighted by atomic mass is 14.8. The molecule has 0 saturated carbocycles. The maximum absolute atomic E-state index is 5.56. The van der Waals surface area contributed by atoms with Gasteiger partial charge in [-0.05, 0) is 37.0 Å². The predicted molar refractivity (Wildman–Crippen MR) is 56.4 cm³/mol. The lowest BCUT2D eigenvalue weighted by molar-refractivity contribution is 0.889. The first kappa shape index (κ1) is 9.78. The highest BCUT2D eigenvalue weighted by Gasteiger charge is 1.95. The van der Waals surface area contributed by atoms with Gasteiger partial charge in [-0.3, -0.25) is 0 Å². The summed E-state index contributed by atoms with van der Waals surface area (Å²) in [5.41, 5.74) is 8.09. The third-order valence-corrected chi connectivity index (χ3v) is 2.11. The lowest BCUT2D eigenvalue weighted by Gasteiger charge is -2.02. The van der Waals surface area contributed by atoms with Gasteiger partial charge in [-0.15, -0.1) is 0 Å². The fraction of sp³-hybridized carbons (Fsp3) is 0.364. The van der Waals surface area contributed by atoms with Crippen molar-refractivity contribution in [3.8, 4) is 0 Å². The summed E-state index contributed by atoms with van der Waals surface area (Å²) < 4.78 is 0. The van der Waals surface area contributed by atoms with Crippen LogP contribution in [0, 0.1) is 0 Å². The SMILES string of the molecule is C=C(CC)CCc1ccnc(N)c1. The van der Waals surface area contributed by atoms with Crippen molar-refractivity contribution in [1.29, 1.82) is 0 Å². The van der Waals surface area contributed by atoms with E-state index in [-0.39, 0.29) is 0 Å². The fourth-order valence-electron chi connectivity index (χ4n) is 1.15. The molecule has 0 amide bonds. The minimum absolute atomic E-state index is 0.597. The second-order valence-corrected chi connectivity index (χ2v) is 3.19. The van der Waals surface area contributed by atoms with Gasteiger partial charge in [-0.2, -0.15) is 0 Å². The van der Waals surface area contributed by atoms with E-state index in [1.54, 1.807) is 6.20 Å².